The van der Waals surface area contributed by atoms with E-state index in [0.29, 0.717) is 6.42 Å². The Morgan fingerprint density at radius 3 is 2.67 bits per heavy atom. The number of ether oxygens (including phenoxy) is 1. The van der Waals surface area contributed by atoms with Gasteiger partial charge >= 0.3 is 6.09 Å². The highest BCUT2D eigenvalue weighted by Crippen LogP contribution is 2.23. The van der Waals surface area contributed by atoms with Crippen LogP contribution in [0.4, 0.5) is 9.18 Å². The average molecular weight is 238 g/mol. The maximum absolute atomic E-state index is 13.1. The van der Waals surface area contributed by atoms with Crippen molar-refractivity contribution >= 4 is 17.7 Å². The molecule has 1 rings (SSSR count). The highest BCUT2D eigenvalue weighted by Gasteiger charge is 2.36. The first-order valence-electron chi connectivity index (χ1n) is 5.03. The largest absolute Gasteiger partial charge is 0.444 e. The lowest BCUT2D eigenvalue weighted by Crippen LogP contribution is -2.40. The van der Waals surface area contributed by atoms with Gasteiger partial charge in [-0.15, -0.1) is 11.6 Å². The summed E-state index contributed by atoms with van der Waals surface area (Å²) < 4.78 is 18.3. The second kappa shape index (κ2) is 4.56. The van der Waals surface area contributed by atoms with Gasteiger partial charge in [-0.25, -0.2) is 9.18 Å². The van der Waals surface area contributed by atoms with E-state index in [1.54, 1.807) is 20.8 Å². The number of amides is 1. The fourth-order valence-electron chi connectivity index (χ4n) is 1.55. The standard InChI is InChI=1S/C10H17ClFNO2/c1-10(2,3)15-9(14)13-6-7(12)4-8(13)5-11/h7-8H,4-6H2,1-3H3/t7-,8-/m0/s1. The van der Waals surface area contributed by atoms with Crippen LogP contribution in [-0.2, 0) is 4.74 Å². The van der Waals surface area contributed by atoms with Gasteiger partial charge in [-0.2, -0.15) is 0 Å². The molecule has 0 N–H and O–H groups in total. The van der Waals surface area contributed by atoms with Crippen molar-refractivity contribution in [1.82, 2.24) is 4.90 Å². The fourth-order valence-corrected chi connectivity index (χ4v) is 1.84. The molecule has 0 bridgehead atoms. The second-order valence-electron chi connectivity index (χ2n) is 4.77. The van der Waals surface area contributed by atoms with E-state index in [2.05, 4.69) is 0 Å². The molecule has 1 saturated heterocycles. The van der Waals surface area contributed by atoms with Crippen molar-refractivity contribution in [2.75, 3.05) is 12.4 Å². The lowest BCUT2D eigenvalue weighted by molar-refractivity contribution is 0.0232. The third-order valence-electron chi connectivity index (χ3n) is 2.17. The topological polar surface area (TPSA) is 29.5 Å². The molecule has 1 aliphatic rings. The molecule has 5 heteroatoms. The van der Waals surface area contributed by atoms with Crippen molar-refractivity contribution in [1.29, 1.82) is 0 Å². The van der Waals surface area contributed by atoms with Crippen LogP contribution in [-0.4, -0.2) is 41.2 Å². The minimum Gasteiger partial charge on any atom is -0.444 e. The zero-order valence-electron chi connectivity index (χ0n) is 9.30. The van der Waals surface area contributed by atoms with Gasteiger partial charge in [0.15, 0.2) is 0 Å². The first-order valence-corrected chi connectivity index (χ1v) is 5.56. The van der Waals surface area contributed by atoms with Gasteiger partial charge in [0.1, 0.15) is 11.8 Å². The molecule has 0 aromatic heterocycles. The van der Waals surface area contributed by atoms with Crippen LogP contribution in [0.25, 0.3) is 0 Å². The molecule has 2 atom stereocenters. The molecular weight excluding hydrogens is 221 g/mol. The van der Waals surface area contributed by atoms with Crippen LogP contribution in [0.15, 0.2) is 0 Å². The lowest BCUT2D eigenvalue weighted by atomic mass is 10.2. The summed E-state index contributed by atoms with van der Waals surface area (Å²) in [6.07, 6.45) is -1.16. The van der Waals surface area contributed by atoms with Crippen molar-refractivity contribution < 1.29 is 13.9 Å². The highest BCUT2D eigenvalue weighted by molar-refractivity contribution is 6.18. The Morgan fingerprint density at radius 2 is 2.20 bits per heavy atom. The molecule has 1 amide bonds. The molecular formula is C10H17ClFNO2. The van der Waals surface area contributed by atoms with Gasteiger partial charge in [0.2, 0.25) is 0 Å². The molecule has 0 saturated carbocycles. The predicted molar refractivity (Wildman–Crippen MR) is 57.0 cm³/mol. The number of alkyl halides is 2. The molecule has 88 valence electrons. The number of carbonyl (C=O) groups excluding carboxylic acids is 1. The van der Waals surface area contributed by atoms with Crippen LogP contribution < -0.4 is 0 Å². The number of nitrogens with zero attached hydrogens (tertiary/aromatic N) is 1. The van der Waals surface area contributed by atoms with Crippen molar-refractivity contribution in [2.45, 2.75) is 45.0 Å². The van der Waals surface area contributed by atoms with Crippen LogP contribution in [0.5, 0.6) is 0 Å². The monoisotopic (exact) mass is 237 g/mol. The number of hydrogen-bond acceptors (Lipinski definition) is 2. The third kappa shape index (κ3) is 3.52. The Hall–Kier alpha value is -0.510. The molecule has 0 aromatic carbocycles. The van der Waals surface area contributed by atoms with E-state index in [1.165, 1.54) is 4.90 Å². The normalized spacial score (nSPS) is 26.9. The lowest BCUT2D eigenvalue weighted by Gasteiger charge is -2.27. The fraction of sp³-hybridized carbons (Fsp3) is 0.900. The summed E-state index contributed by atoms with van der Waals surface area (Å²) in [5, 5.41) is 0. The molecule has 1 fully saturated rings. The smallest absolute Gasteiger partial charge is 0.410 e. The van der Waals surface area contributed by atoms with Crippen molar-refractivity contribution in [2.24, 2.45) is 0 Å². The van der Waals surface area contributed by atoms with Gasteiger partial charge in [0.25, 0.3) is 0 Å². The number of rotatable bonds is 1. The first-order chi connectivity index (χ1) is 6.83. The zero-order chi connectivity index (χ0) is 11.6. The van der Waals surface area contributed by atoms with Crippen LogP contribution in [0.2, 0.25) is 0 Å². The van der Waals surface area contributed by atoms with Crippen molar-refractivity contribution in [3.05, 3.63) is 0 Å². The average Bonchev–Trinajstić information content (AvgIpc) is 2.43. The Kier molecular flexibility index (Phi) is 3.82. The summed E-state index contributed by atoms with van der Waals surface area (Å²) in [6, 6.07) is -0.239. The van der Waals surface area contributed by atoms with E-state index in [1.807, 2.05) is 0 Å². The summed E-state index contributed by atoms with van der Waals surface area (Å²) >= 11 is 5.67. The van der Waals surface area contributed by atoms with Gasteiger partial charge in [-0.1, -0.05) is 0 Å². The first kappa shape index (κ1) is 12.6. The maximum Gasteiger partial charge on any atom is 0.410 e. The minimum absolute atomic E-state index is 0.0896. The van der Waals surface area contributed by atoms with E-state index in [9.17, 15) is 9.18 Å². The molecule has 0 aliphatic carbocycles. The molecule has 0 radical (unpaired) electrons. The molecule has 0 spiro atoms. The quantitative estimate of drug-likeness (QED) is 0.656. The number of halogens is 2. The summed E-state index contributed by atoms with van der Waals surface area (Å²) in [5.74, 6) is 0.250. The van der Waals surface area contributed by atoms with Gasteiger partial charge in [-0.05, 0) is 20.8 Å². The second-order valence-corrected chi connectivity index (χ2v) is 5.08. The molecule has 3 nitrogen and oxygen atoms in total. The number of likely N-dealkylation sites (tertiary alicyclic amines) is 1. The van der Waals surface area contributed by atoms with Crippen molar-refractivity contribution in [3.63, 3.8) is 0 Å². The summed E-state index contributed by atoms with van der Waals surface area (Å²) in [6.45, 7) is 5.43. The van der Waals surface area contributed by atoms with Gasteiger partial charge in [0, 0.05) is 12.3 Å². The van der Waals surface area contributed by atoms with Gasteiger partial charge in [-0.3, -0.25) is 0 Å². The van der Waals surface area contributed by atoms with E-state index in [-0.39, 0.29) is 18.5 Å². The maximum atomic E-state index is 13.1. The van der Waals surface area contributed by atoms with Crippen LogP contribution >= 0.6 is 11.6 Å². The van der Waals surface area contributed by atoms with E-state index >= 15 is 0 Å². The predicted octanol–water partition coefficient (Wildman–Crippen LogP) is 2.57. The third-order valence-corrected chi connectivity index (χ3v) is 2.53. The van der Waals surface area contributed by atoms with E-state index in [0.717, 1.165) is 0 Å². The van der Waals surface area contributed by atoms with Gasteiger partial charge in [0.05, 0.1) is 12.6 Å². The Bertz CT molecular complexity index is 242. The van der Waals surface area contributed by atoms with E-state index < -0.39 is 17.9 Å². The Balaban J connectivity index is 2.59. The highest BCUT2D eigenvalue weighted by atomic mass is 35.5. The van der Waals surface area contributed by atoms with Crippen LogP contribution in [0.3, 0.4) is 0 Å². The molecule has 1 aliphatic heterocycles. The van der Waals surface area contributed by atoms with E-state index in [4.69, 9.17) is 16.3 Å². The summed E-state index contributed by atoms with van der Waals surface area (Å²) in [4.78, 5) is 13.0. The minimum atomic E-state index is -0.985. The summed E-state index contributed by atoms with van der Waals surface area (Å²) in [7, 11) is 0. The van der Waals surface area contributed by atoms with Crippen LogP contribution in [0, 0.1) is 0 Å². The molecule has 0 unspecified atom stereocenters. The molecule has 15 heavy (non-hydrogen) atoms. The molecule has 0 aromatic rings. The summed E-state index contributed by atoms with van der Waals surface area (Å²) in [5.41, 5.74) is -0.553. The van der Waals surface area contributed by atoms with Crippen LogP contribution in [0.1, 0.15) is 27.2 Å². The SMILES string of the molecule is CC(C)(C)OC(=O)N1C[C@@H](F)C[C@H]1CCl. The molecule has 1 heterocycles. The zero-order valence-corrected chi connectivity index (χ0v) is 10.1. The van der Waals surface area contributed by atoms with Gasteiger partial charge < -0.3 is 9.64 Å². The number of hydrogen-bond donors (Lipinski definition) is 0. The number of carbonyl (C=O) groups is 1. The Morgan fingerprint density at radius 1 is 1.60 bits per heavy atom. The van der Waals surface area contributed by atoms with Crippen molar-refractivity contribution in [3.8, 4) is 0 Å². The Labute approximate surface area is 94.5 Å².